The number of alkyl halides is 3. The van der Waals surface area contributed by atoms with E-state index in [2.05, 4.69) is 9.72 Å². The predicted molar refractivity (Wildman–Crippen MR) is 123 cm³/mol. The predicted octanol–water partition coefficient (Wildman–Crippen LogP) is 1.61. The van der Waals surface area contributed by atoms with Gasteiger partial charge in [-0.2, -0.15) is 13.2 Å². The van der Waals surface area contributed by atoms with E-state index in [1.165, 1.54) is 33.0 Å². The maximum Gasteiger partial charge on any atom is 0.422 e. The number of hydrogen-bond donors (Lipinski definition) is 1. The first-order chi connectivity index (χ1) is 17.6. The second-order valence-corrected chi connectivity index (χ2v) is 8.66. The Morgan fingerprint density at radius 1 is 1.24 bits per heavy atom. The van der Waals surface area contributed by atoms with E-state index in [9.17, 15) is 27.6 Å². The van der Waals surface area contributed by atoms with Gasteiger partial charge < -0.3 is 29.3 Å². The molecule has 1 N–H and O–H groups in total. The van der Waals surface area contributed by atoms with E-state index in [1.807, 2.05) is 0 Å². The number of anilines is 1. The Morgan fingerprint density at radius 3 is 2.70 bits per heavy atom. The van der Waals surface area contributed by atoms with Crippen molar-refractivity contribution in [3.63, 3.8) is 0 Å². The van der Waals surface area contributed by atoms with Gasteiger partial charge in [0.05, 0.1) is 12.8 Å². The second-order valence-electron chi connectivity index (χ2n) is 8.66. The lowest BCUT2D eigenvalue weighted by Crippen LogP contribution is -2.39. The van der Waals surface area contributed by atoms with E-state index in [0.717, 1.165) is 5.56 Å². The summed E-state index contributed by atoms with van der Waals surface area (Å²) >= 11 is 0. The van der Waals surface area contributed by atoms with Gasteiger partial charge >= 0.3 is 6.18 Å². The number of halogens is 3. The number of hydrogen-bond acceptors (Lipinski definition) is 7. The van der Waals surface area contributed by atoms with Crippen LogP contribution in [-0.2, 0) is 16.1 Å². The first kappa shape index (κ1) is 26.2. The molecule has 3 heterocycles. The lowest BCUT2D eigenvalue weighted by molar-refractivity contribution is -0.154. The number of benzene rings is 1. The number of carbonyl (C=O) groups excluding carboxylic acids is 3. The Kier molecular flexibility index (Phi) is 7.52. The molecule has 13 heteroatoms. The molecule has 0 saturated carbocycles. The number of aliphatic hydroxyl groups is 1. The first-order valence-electron chi connectivity index (χ1n) is 11.5. The number of nitrogens with zero attached hydrogens (tertiary/aromatic N) is 4. The number of amides is 3. The van der Waals surface area contributed by atoms with Crippen LogP contribution in [0.5, 0.6) is 11.6 Å². The Labute approximate surface area is 210 Å². The number of aromatic nitrogens is 1. The fraction of sp³-hybridized carbons (Fsp3) is 0.417. The lowest BCUT2D eigenvalue weighted by atomic mass is 10.1. The molecule has 2 aliphatic rings. The van der Waals surface area contributed by atoms with E-state index in [4.69, 9.17) is 9.84 Å². The normalized spacial score (nSPS) is 17.3. The van der Waals surface area contributed by atoms with Gasteiger partial charge in [0.1, 0.15) is 12.3 Å². The molecule has 1 aromatic carbocycles. The van der Waals surface area contributed by atoms with Gasteiger partial charge in [0.15, 0.2) is 12.7 Å². The number of fused-ring (bicyclic) bond motifs is 1. The molecule has 2 aromatic rings. The van der Waals surface area contributed by atoms with E-state index >= 15 is 0 Å². The van der Waals surface area contributed by atoms with Crippen molar-refractivity contribution in [1.82, 2.24) is 14.8 Å². The van der Waals surface area contributed by atoms with Crippen molar-refractivity contribution in [2.75, 3.05) is 44.8 Å². The first-order valence-corrected chi connectivity index (χ1v) is 11.5. The van der Waals surface area contributed by atoms with Crippen LogP contribution in [0.3, 0.4) is 0 Å². The summed E-state index contributed by atoms with van der Waals surface area (Å²) in [4.78, 5) is 46.2. The van der Waals surface area contributed by atoms with Gasteiger partial charge in [0.2, 0.25) is 11.8 Å². The zero-order valence-corrected chi connectivity index (χ0v) is 19.9. The summed E-state index contributed by atoms with van der Waals surface area (Å²) in [5.41, 5.74) is 1.67. The minimum Gasteiger partial charge on any atom is -0.479 e. The molecule has 0 bridgehead atoms. The van der Waals surface area contributed by atoms with Crippen LogP contribution in [0.15, 0.2) is 36.5 Å². The molecule has 1 fully saturated rings. The quantitative estimate of drug-likeness (QED) is 0.533. The zero-order chi connectivity index (χ0) is 26.7. The SMILES string of the molecule is CN(CCO)C(=O)CN1Cc2ccc(N3CCC(Oc4ccc(OCC(F)(F)F)nc4)C3=O)cc2C1=O. The van der Waals surface area contributed by atoms with Crippen molar-refractivity contribution >= 4 is 23.4 Å². The monoisotopic (exact) mass is 522 g/mol. The summed E-state index contributed by atoms with van der Waals surface area (Å²) in [5.74, 6) is -0.959. The fourth-order valence-corrected chi connectivity index (χ4v) is 4.06. The molecular weight excluding hydrogens is 497 g/mol. The minimum absolute atomic E-state index is 0.119. The topological polar surface area (TPSA) is 113 Å². The molecule has 0 aliphatic carbocycles. The van der Waals surface area contributed by atoms with Gasteiger partial charge in [-0.1, -0.05) is 6.07 Å². The smallest absolute Gasteiger partial charge is 0.422 e. The Morgan fingerprint density at radius 2 is 2.03 bits per heavy atom. The van der Waals surface area contributed by atoms with E-state index < -0.39 is 18.9 Å². The van der Waals surface area contributed by atoms with Crippen molar-refractivity contribution in [1.29, 1.82) is 0 Å². The van der Waals surface area contributed by atoms with Crippen LogP contribution in [0, 0.1) is 0 Å². The van der Waals surface area contributed by atoms with Crippen molar-refractivity contribution in [2.24, 2.45) is 0 Å². The largest absolute Gasteiger partial charge is 0.479 e. The summed E-state index contributed by atoms with van der Waals surface area (Å²) in [5, 5.41) is 8.99. The van der Waals surface area contributed by atoms with Gasteiger partial charge in [-0.25, -0.2) is 4.98 Å². The molecule has 4 rings (SSSR count). The van der Waals surface area contributed by atoms with Crippen LogP contribution in [0.25, 0.3) is 0 Å². The number of likely N-dealkylation sites (N-methyl/N-ethyl adjacent to an activating group) is 1. The van der Waals surface area contributed by atoms with E-state index in [-0.39, 0.29) is 55.6 Å². The molecule has 1 aromatic heterocycles. The molecule has 198 valence electrons. The molecule has 0 radical (unpaired) electrons. The van der Waals surface area contributed by atoms with Crippen LogP contribution in [0.1, 0.15) is 22.3 Å². The van der Waals surface area contributed by atoms with Gasteiger partial charge in [0.25, 0.3) is 11.8 Å². The van der Waals surface area contributed by atoms with E-state index in [0.29, 0.717) is 24.2 Å². The summed E-state index contributed by atoms with van der Waals surface area (Å²) in [6.07, 6.45) is -3.77. The summed E-state index contributed by atoms with van der Waals surface area (Å²) in [6, 6.07) is 7.69. The Balaban J connectivity index is 1.37. The molecule has 37 heavy (non-hydrogen) atoms. The highest BCUT2D eigenvalue weighted by atomic mass is 19.4. The number of rotatable bonds is 9. The van der Waals surface area contributed by atoms with Gasteiger partial charge in [0, 0.05) is 50.4 Å². The van der Waals surface area contributed by atoms with Crippen molar-refractivity contribution in [3.05, 3.63) is 47.7 Å². The molecule has 10 nitrogen and oxygen atoms in total. The average molecular weight is 522 g/mol. The third kappa shape index (κ3) is 6.10. The molecule has 2 aliphatic heterocycles. The van der Waals surface area contributed by atoms with Crippen molar-refractivity contribution in [2.45, 2.75) is 25.2 Å². The highest BCUT2D eigenvalue weighted by Gasteiger charge is 2.36. The second kappa shape index (κ2) is 10.6. The van der Waals surface area contributed by atoms with Crippen LogP contribution < -0.4 is 14.4 Å². The molecule has 3 amide bonds. The van der Waals surface area contributed by atoms with Crippen LogP contribution >= 0.6 is 0 Å². The Hall–Kier alpha value is -3.87. The van der Waals surface area contributed by atoms with E-state index in [1.54, 1.807) is 25.2 Å². The third-order valence-electron chi connectivity index (χ3n) is 6.00. The van der Waals surface area contributed by atoms with Crippen LogP contribution in [0.2, 0.25) is 0 Å². The minimum atomic E-state index is -4.48. The molecule has 1 saturated heterocycles. The molecular formula is C24H25F3N4O6. The summed E-state index contributed by atoms with van der Waals surface area (Å²) in [7, 11) is 1.55. The highest BCUT2D eigenvalue weighted by molar-refractivity contribution is 6.03. The van der Waals surface area contributed by atoms with Crippen molar-refractivity contribution < 1.29 is 42.1 Å². The zero-order valence-electron chi connectivity index (χ0n) is 19.9. The number of ether oxygens (including phenoxy) is 2. The number of carbonyl (C=O) groups is 3. The van der Waals surface area contributed by atoms with Crippen LogP contribution in [-0.4, -0.2) is 89.8 Å². The average Bonchev–Trinajstić information content (AvgIpc) is 3.37. The lowest BCUT2D eigenvalue weighted by Gasteiger charge is -2.20. The third-order valence-corrected chi connectivity index (χ3v) is 6.00. The number of pyridine rings is 1. The van der Waals surface area contributed by atoms with Gasteiger partial charge in [-0.15, -0.1) is 0 Å². The standard InChI is InChI=1S/C24H25F3N4O6/c1-29(8-9-32)21(33)13-30-12-15-2-3-16(10-18(15)22(30)34)31-7-6-19(23(31)35)37-17-4-5-20(28-11-17)36-14-24(25,26)27/h2-5,10-11,19,32H,6-9,12-14H2,1H3. The Bertz CT molecular complexity index is 1170. The maximum absolute atomic E-state index is 13.0. The summed E-state index contributed by atoms with van der Waals surface area (Å²) < 4.78 is 47.0. The fourth-order valence-electron chi connectivity index (χ4n) is 4.06. The summed E-state index contributed by atoms with van der Waals surface area (Å²) in [6.45, 7) is -0.982. The molecule has 1 unspecified atom stereocenters. The van der Waals surface area contributed by atoms with Gasteiger partial charge in [-0.3, -0.25) is 14.4 Å². The molecule has 1 atom stereocenters. The highest BCUT2D eigenvalue weighted by Crippen LogP contribution is 2.31. The number of aliphatic hydroxyl groups excluding tert-OH is 1. The van der Waals surface area contributed by atoms with Crippen LogP contribution in [0.4, 0.5) is 18.9 Å². The maximum atomic E-state index is 13.0. The molecule has 0 spiro atoms. The van der Waals surface area contributed by atoms with Gasteiger partial charge in [-0.05, 0) is 23.8 Å². The van der Waals surface area contributed by atoms with Crippen molar-refractivity contribution in [3.8, 4) is 11.6 Å².